The number of hydrogen-bond acceptors (Lipinski definition) is 3. The number of nitrogens with two attached hydrogens (primary N) is 1. The van der Waals surface area contributed by atoms with Gasteiger partial charge in [0.15, 0.2) is 0 Å². The maximum absolute atomic E-state index is 12.2. The van der Waals surface area contributed by atoms with Gasteiger partial charge in [0.2, 0.25) is 0 Å². The minimum atomic E-state index is -2.40. The molecule has 0 saturated carbocycles. The van der Waals surface area contributed by atoms with Crippen molar-refractivity contribution in [2.24, 2.45) is 5.73 Å². The van der Waals surface area contributed by atoms with E-state index in [9.17, 15) is 13.6 Å². The lowest BCUT2D eigenvalue weighted by atomic mass is 10.1. The Balaban J connectivity index is 1.83. The normalized spacial score (nSPS) is 16.4. The summed E-state index contributed by atoms with van der Waals surface area (Å²) in [6, 6.07) is 6.85. The minimum absolute atomic E-state index is 0.277. The Hall–Kier alpha value is -1.50. The lowest BCUT2D eigenvalue weighted by Crippen LogP contribution is -2.44. The molecule has 1 fully saturated rings. The van der Waals surface area contributed by atoms with Crippen LogP contribution in [0.2, 0.25) is 0 Å². The van der Waals surface area contributed by atoms with Crippen LogP contribution in [0.25, 0.3) is 0 Å². The quantitative estimate of drug-likeness (QED) is 0.841. The predicted octanol–water partition coefficient (Wildman–Crippen LogP) is 2.96. The number of amides is 2. The summed E-state index contributed by atoms with van der Waals surface area (Å²) in [5, 5.41) is 3.35. The SMILES string of the molecule is NC(=O)N1CCC(Nc2ccc(SC(F)F)cc2)CC1. The number of hydrogen-bond donors (Lipinski definition) is 2. The number of urea groups is 1. The molecule has 0 radical (unpaired) electrons. The molecule has 0 unspecified atom stereocenters. The third-order valence-corrected chi connectivity index (χ3v) is 3.98. The number of piperidine rings is 1. The van der Waals surface area contributed by atoms with Gasteiger partial charge in [-0.15, -0.1) is 0 Å². The second kappa shape index (κ2) is 6.78. The summed E-state index contributed by atoms with van der Waals surface area (Å²) in [5.41, 5.74) is 6.13. The summed E-state index contributed by atoms with van der Waals surface area (Å²) < 4.78 is 24.4. The van der Waals surface area contributed by atoms with Crippen molar-refractivity contribution >= 4 is 23.5 Å². The highest BCUT2D eigenvalue weighted by Gasteiger charge is 2.20. The largest absolute Gasteiger partial charge is 0.382 e. The first kappa shape index (κ1) is 14.9. The summed E-state index contributed by atoms with van der Waals surface area (Å²) in [7, 11) is 0. The molecule has 1 aromatic rings. The van der Waals surface area contributed by atoms with Crippen LogP contribution in [0.5, 0.6) is 0 Å². The number of carbonyl (C=O) groups is 1. The Kier molecular flexibility index (Phi) is 5.05. The first-order chi connectivity index (χ1) is 9.54. The Morgan fingerprint density at radius 2 is 1.90 bits per heavy atom. The molecule has 2 rings (SSSR count). The molecule has 20 heavy (non-hydrogen) atoms. The van der Waals surface area contributed by atoms with Crippen LogP contribution in [0, 0.1) is 0 Å². The molecule has 1 aromatic carbocycles. The second-order valence-corrected chi connectivity index (χ2v) is 5.71. The Morgan fingerprint density at radius 3 is 2.40 bits per heavy atom. The average Bonchev–Trinajstić information content (AvgIpc) is 2.41. The lowest BCUT2D eigenvalue weighted by molar-refractivity contribution is 0.193. The fourth-order valence-electron chi connectivity index (χ4n) is 2.21. The zero-order valence-corrected chi connectivity index (χ0v) is 11.7. The molecule has 0 aromatic heterocycles. The average molecular weight is 301 g/mol. The van der Waals surface area contributed by atoms with Crippen LogP contribution < -0.4 is 11.1 Å². The molecule has 0 atom stereocenters. The van der Waals surface area contributed by atoms with Crippen molar-refractivity contribution in [1.29, 1.82) is 0 Å². The van der Waals surface area contributed by atoms with E-state index in [0.29, 0.717) is 29.7 Å². The van der Waals surface area contributed by atoms with E-state index in [0.717, 1.165) is 18.5 Å². The molecule has 1 aliphatic heterocycles. The van der Waals surface area contributed by atoms with E-state index in [1.54, 1.807) is 29.2 Å². The third kappa shape index (κ3) is 4.26. The zero-order chi connectivity index (χ0) is 14.5. The molecule has 3 N–H and O–H groups in total. The Bertz CT molecular complexity index is 447. The van der Waals surface area contributed by atoms with Crippen molar-refractivity contribution in [1.82, 2.24) is 4.90 Å². The van der Waals surface area contributed by atoms with Crippen molar-refractivity contribution < 1.29 is 13.6 Å². The molecule has 7 heteroatoms. The van der Waals surface area contributed by atoms with E-state index in [-0.39, 0.29) is 12.1 Å². The summed E-state index contributed by atoms with van der Waals surface area (Å²) in [4.78, 5) is 13.2. The van der Waals surface area contributed by atoms with Crippen LogP contribution in [0.15, 0.2) is 29.2 Å². The van der Waals surface area contributed by atoms with E-state index in [1.165, 1.54) is 0 Å². The van der Waals surface area contributed by atoms with Crippen LogP contribution in [0.3, 0.4) is 0 Å². The molecule has 0 spiro atoms. The van der Waals surface area contributed by atoms with E-state index < -0.39 is 5.76 Å². The number of carbonyl (C=O) groups excluding carboxylic acids is 1. The first-order valence-corrected chi connectivity index (χ1v) is 7.28. The fourth-order valence-corrected chi connectivity index (χ4v) is 2.71. The van der Waals surface area contributed by atoms with Crippen molar-refractivity contribution in [2.75, 3.05) is 18.4 Å². The van der Waals surface area contributed by atoms with E-state index in [1.807, 2.05) is 0 Å². The van der Waals surface area contributed by atoms with Gasteiger partial charge in [-0.2, -0.15) is 8.78 Å². The van der Waals surface area contributed by atoms with E-state index in [2.05, 4.69) is 5.32 Å². The summed E-state index contributed by atoms with van der Waals surface area (Å²) in [5.74, 6) is -2.40. The number of likely N-dealkylation sites (tertiary alicyclic amines) is 1. The smallest absolute Gasteiger partial charge is 0.314 e. The molecular formula is C13H17F2N3OS. The van der Waals surface area contributed by atoms with Gasteiger partial charge in [-0.05, 0) is 37.1 Å². The van der Waals surface area contributed by atoms with Gasteiger partial charge in [0.25, 0.3) is 5.76 Å². The lowest BCUT2D eigenvalue weighted by Gasteiger charge is -2.31. The highest BCUT2D eigenvalue weighted by Crippen LogP contribution is 2.26. The maximum atomic E-state index is 12.2. The first-order valence-electron chi connectivity index (χ1n) is 6.40. The number of nitrogens with one attached hydrogen (secondary N) is 1. The summed E-state index contributed by atoms with van der Waals surface area (Å²) in [6.07, 6.45) is 1.66. The number of alkyl halides is 2. The van der Waals surface area contributed by atoms with Crippen molar-refractivity contribution in [3.63, 3.8) is 0 Å². The van der Waals surface area contributed by atoms with Gasteiger partial charge in [0.05, 0.1) is 0 Å². The van der Waals surface area contributed by atoms with Gasteiger partial charge in [-0.25, -0.2) is 4.79 Å². The van der Waals surface area contributed by atoms with E-state index in [4.69, 9.17) is 5.73 Å². The minimum Gasteiger partial charge on any atom is -0.382 e. The number of anilines is 1. The number of rotatable bonds is 4. The Morgan fingerprint density at radius 1 is 1.30 bits per heavy atom. The van der Waals surface area contributed by atoms with Gasteiger partial charge in [0.1, 0.15) is 0 Å². The van der Waals surface area contributed by atoms with Crippen molar-refractivity contribution in [3.8, 4) is 0 Å². The van der Waals surface area contributed by atoms with Gasteiger partial charge in [-0.3, -0.25) is 0 Å². The highest BCUT2D eigenvalue weighted by atomic mass is 32.2. The number of primary amides is 1. The predicted molar refractivity (Wildman–Crippen MR) is 76.1 cm³/mol. The molecule has 1 saturated heterocycles. The van der Waals surface area contributed by atoms with Crippen LogP contribution in [0.4, 0.5) is 19.3 Å². The standard InChI is InChI=1S/C13H17F2N3OS/c14-12(15)20-11-3-1-9(2-4-11)17-10-5-7-18(8-6-10)13(16)19/h1-4,10,12,17H,5-8H2,(H2,16,19). The number of thioether (sulfide) groups is 1. The van der Waals surface area contributed by atoms with Crippen LogP contribution in [0.1, 0.15) is 12.8 Å². The van der Waals surface area contributed by atoms with Gasteiger partial charge >= 0.3 is 6.03 Å². The molecule has 1 aliphatic rings. The van der Waals surface area contributed by atoms with Crippen molar-refractivity contribution in [2.45, 2.75) is 29.5 Å². The third-order valence-electron chi connectivity index (χ3n) is 3.26. The molecule has 0 bridgehead atoms. The summed E-state index contributed by atoms with van der Waals surface area (Å²) >= 11 is 0.538. The second-order valence-electron chi connectivity index (χ2n) is 4.65. The fraction of sp³-hybridized carbons (Fsp3) is 0.462. The number of halogens is 2. The summed E-state index contributed by atoms with van der Waals surface area (Å²) in [6.45, 7) is 1.29. The molecule has 1 heterocycles. The maximum Gasteiger partial charge on any atom is 0.314 e. The molecule has 2 amide bonds. The van der Waals surface area contributed by atoms with Crippen molar-refractivity contribution in [3.05, 3.63) is 24.3 Å². The zero-order valence-electron chi connectivity index (χ0n) is 10.9. The van der Waals surface area contributed by atoms with Gasteiger partial charge < -0.3 is 16.0 Å². The van der Waals surface area contributed by atoms with Crippen LogP contribution in [-0.2, 0) is 0 Å². The highest BCUT2D eigenvalue weighted by molar-refractivity contribution is 7.99. The molecule has 0 aliphatic carbocycles. The number of nitrogens with zero attached hydrogens (tertiary/aromatic N) is 1. The van der Waals surface area contributed by atoms with Gasteiger partial charge in [0, 0.05) is 29.7 Å². The Labute approximate surface area is 120 Å². The molecular weight excluding hydrogens is 284 g/mol. The molecule has 110 valence electrons. The molecule has 4 nitrogen and oxygen atoms in total. The monoisotopic (exact) mass is 301 g/mol. The topological polar surface area (TPSA) is 58.4 Å². The van der Waals surface area contributed by atoms with Gasteiger partial charge in [-0.1, -0.05) is 11.8 Å². The van der Waals surface area contributed by atoms with Crippen LogP contribution >= 0.6 is 11.8 Å². The number of benzene rings is 1. The van der Waals surface area contributed by atoms with E-state index >= 15 is 0 Å². The van der Waals surface area contributed by atoms with Crippen LogP contribution in [-0.4, -0.2) is 35.8 Å².